The van der Waals surface area contributed by atoms with Crippen molar-refractivity contribution in [1.29, 1.82) is 0 Å². The Kier molecular flexibility index (Phi) is 5.70. The highest BCUT2D eigenvalue weighted by atomic mass is 35.5. The molecule has 2 N–H and O–H groups in total. The highest BCUT2D eigenvalue weighted by Gasteiger charge is 2.18. The van der Waals surface area contributed by atoms with Gasteiger partial charge in [-0.15, -0.1) is 0 Å². The van der Waals surface area contributed by atoms with E-state index in [1.807, 2.05) is 0 Å². The number of rotatable bonds is 5. The van der Waals surface area contributed by atoms with Crippen LogP contribution in [-0.2, 0) is 6.42 Å². The summed E-state index contributed by atoms with van der Waals surface area (Å²) in [6.45, 7) is 4.19. The van der Waals surface area contributed by atoms with Crippen molar-refractivity contribution in [3.05, 3.63) is 28.8 Å². The van der Waals surface area contributed by atoms with Crippen LogP contribution in [0.2, 0.25) is 5.02 Å². The van der Waals surface area contributed by atoms with Gasteiger partial charge in [-0.05, 0) is 69.6 Å². The number of halogens is 1. The highest BCUT2D eigenvalue weighted by molar-refractivity contribution is 6.31. The Balaban J connectivity index is 1.95. The van der Waals surface area contributed by atoms with E-state index in [4.69, 9.17) is 17.3 Å². The molecule has 1 fully saturated rings. The van der Waals surface area contributed by atoms with Crippen molar-refractivity contribution in [3.8, 4) is 0 Å². The van der Waals surface area contributed by atoms with Crippen LogP contribution in [0.5, 0.6) is 0 Å². The Morgan fingerprint density at radius 2 is 2.05 bits per heavy atom. The van der Waals surface area contributed by atoms with Gasteiger partial charge in [0.25, 0.3) is 0 Å². The summed E-state index contributed by atoms with van der Waals surface area (Å²) in [6, 6.07) is 6.34. The van der Waals surface area contributed by atoms with Crippen LogP contribution in [0.4, 0.5) is 5.69 Å². The molecule has 1 aliphatic heterocycles. The molecule has 1 aromatic rings. The fraction of sp³-hybridized carbons (Fsp3) is 0.625. The normalized spacial score (nSPS) is 17.4. The molecule has 20 heavy (non-hydrogen) atoms. The van der Waals surface area contributed by atoms with Crippen LogP contribution >= 0.6 is 11.6 Å². The zero-order valence-corrected chi connectivity index (χ0v) is 13.4. The third-order valence-corrected chi connectivity index (χ3v) is 4.61. The van der Waals surface area contributed by atoms with Crippen molar-refractivity contribution in [2.24, 2.45) is 11.7 Å². The van der Waals surface area contributed by atoms with Crippen molar-refractivity contribution in [1.82, 2.24) is 4.90 Å². The van der Waals surface area contributed by atoms with Gasteiger partial charge in [-0.3, -0.25) is 0 Å². The van der Waals surface area contributed by atoms with Crippen LogP contribution in [0.15, 0.2) is 18.2 Å². The predicted octanol–water partition coefficient (Wildman–Crippen LogP) is 2.62. The van der Waals surface area contributed by atoms with Crippen LogP contribution in [0, 0.1) is 5.92 Å². The van der Waals surface area contributed by atoms with Gasteiger partial charge in [0.15, 0.2) is 0 Å². The lowest BCUT2D eigenvalue weighted by molar-refractivity contribution is 0.222. The van der Waals surface area contributed by atoms with E-state index in [2.05, 4.69) is 42.1 Å². The third kappa shape index (κ3) is 4.11. The van der Waals surface area contributed by atoms with Crippen LogP contribution in [-0.4, -0.2) is 45.2 Å². The van der Waals surface area contributed by atoms with Crippen molar-refractivity contribution >= 4 is 17.3 Å². The SMILES string of the molecule is CN1CCC(CN(C)c2ccc(CCN)c(Cl)c2)CC1. The molecule has 0 radical (unpaired) electrons. The summed E-state index contributed by atoms with van der Waals surface area (Å²) in [5.74, 6) is 0.790. The molecule has 0 saturated carbocycles. The first-order valence-electron chi connectivity index (χ1n) is 7.48. The van der Waals surface area contributed by atoms with Crippen LogP contribution in [0.3, 0.4) is 0 Å². The smallest absolute Gasteiger partial charge is 0.0459 e. The zero-order chi connectivity index (χ0) is 14.5. The minimum Gasteiger partial charge on any atom is -0.374 e. The number of nitrogens with two attached hydrogens (primary N) is 1. The van der Waals surface area contributed by atoms with Gasteiger partial charge in [0.2, 0.25) is 0 Å². The number of hydrogen-bond donors (Lipinski definition) is 1. The van der Waals surface area contributed by atoms with Crippen molar-refractivity contribution in [2.45, 2.75) is 19.3 Å². The average molecular weight is 296 g/mol. The van der Waals surface area contributed by atoms with Gasteiger partial charge in [-0.1, -0.05) is 17.7 Å². The Morgan fingerprint density at radius 1 is 1.35 bits per heavy atom. The van der Waals surface area contributed by atoms with E-state index < -0.39 is 0 Å². The summed E-state index contributed by atoms with van der Waals surface area (Å²) in [6.07, 6.45) is 3.43. The number of piperidine rings is 1. The lowest BCUT2D eigenvalue weighted by Crippen LogP contribution is -2.35. The van der Waals surface area contributed by atoms with Gasteiger partial charge < -0.3 is 15.5 Å². The molecule has 112 valence electrons. The molecule has 0 aliphatic carbocycles. The molecule has 0 spiro atoms. The van der Waals surface area contributed by atoms with Gasteiger partial charge in [0, 0.05) is 24.3 Å². The van der Waals surface area contributed by atoms with Crippen molar-refractivity contribution in [2.75, 3.05) is 45.2 Å². The molecule has 2 rings (SSSR count). The fourth-order valence-electron chi connectivity index (χ4n) is 2.87. The molecular weight excluding hydrogens is 270 g/mol. The maximum atomic E-state index is 6.33. The molecule has 1 aliphatic rings. The summed E-state index contributed by atoms with van der Waals surface area (Å²) in [4.78, 5) is 4.74. The molecule has 1 saturated heterocycles. The average Bonchev–Trinajstić information content (AvgIpc) is 2.44. The quantitative estimate of drug-likeness (QED) is 0.906. The van der Waals surface area contributed by atoms with Gasteiger partial charge in [0.1, 0.15) is 0 Å². The lowest BCUT2D eigenvalue weighted by atomic mass is 9.96. The molecule has 0 amide bonds. The largest absolute Gasteiger partial charge is 0.374 e. The number of likely N-dealkylation sites (tertiary alicyclic amines) is 1. The van der Waals surface area contributed by atoms with Gasteiger partial charge in [-0.25, -0.2) is 0 Å². The number of anilines is 1. The summed E-state index contributed by atoms with van der Waals surface area (Å²) in [5.41, 5.74) is 7.94. The van der Waals surface area contributed by atoms with Crippen LogP contribution in [0.1, 0.15) is 18.4 Å². The molecule has 0 bridgehead atoms. The standard InChI is InChI=1S/C16H26ClN3/c1-19-9-6-13(7-10-19)12-20(2)15-4-3-14(5-8-18)16(17)11-15/h3-4,11,13H,5-10,12,18H2,1-2H3. The second-order valence-electron chi connectivity index (χ2n) is 5.94. The summed E-state index contributed by atoms with van der Waals surface area (Å²) in [5, 5.41) is 0.836. The molecule has 4 heteroatoms. The van der Waals surface area contributed by atoms with Gasteiger partial charge in [-0.2, -0.15) is 0 Å². The highest BCUT2D eigenvalue weighted by Crippen LogP contribution is 2.25. The molecule has 0 unspecified atom stereocenters. The van der Waals surface area contributed by atoms with E-state index >= 15 is 0 Å². The maximum absolute atomic E-state index is 6.33. The molecule has 3 nitrogen and oxygen atoms in total. The minimum atomic E-state index is 0.643. The molecule has 0 aromatic heterocycles. The monoisotopic (exact) mass is 295 g/mol. The van der Waals surface area contributed by atoms with Crippen LogP contribution < -0.4 is 10.6 Å². The molecule has 1 heterocycles. The van der Waals surface area contributed by atoms with Gasteiger partial charge >= 0.3 is 0 Å². The van der Waals surface area contributed by atoms with E-state index in [9.17, 15) is 0 Å². The first kappa shape index (κ1) is 15.6. The van der Waals surface area contributed by atoms with E-state index in [0.29, 0.717) is 6.54 Å². The zero-order valence-electron chi connectivity index (χ0n) is 12.6. The van der Waals surface area contributed by atoms with Crippen molar-refractivity contribution < 1.29 is 0 Å². The Hall–Kier alpha value is -0.770. The minimum absolute atomic E-state index is 0.643. The Bertz CT molecular complexity index is 428. The van der Waals surface area contributed by atoms with Gasteiger partial charge in [0.05, 0.1) is 0 Å². The van der Waals surface area contributed by atoms with E-state index in [0.717, 1.165) is 29.5 Å². The topological polar surface area (TPSA) is 32.5 Å². The summed E-state index contributed by atoms with van der Waals surface area (Å²) < 4.78 is 0. The fourth-order valence-corrected chi connectivity index (χ4v) is 3.14. The molecule has 0 atom stereocenters. The summed E-state index contributed by atoms with van der Waals surface area (Å²) >= 11 is 6.33. The van der Waals surface area contributed by atoms with E-state index in [1.165, 1.54) is 31.6 Å². The van der Waals surface area contributed by atoms with Crippen molar-refractivity contribution in [3.63, 3.8) is 0 Å². The Morgan fingerprint density at radius 3 is 2.65 bits per heavy atom. The number of nitrogens with zero attached hydrogens (tertiary/aromatic N) is 2. The lowest BCUT2D eigenvalue weighted by Gasteiger charge is -2.32. The number of hydrogen-bond acceptors (Lipinski definition) is 3. The first-order chi connectivity index (χ1) is 9.60. The van der Waals surface area contributed by atoms with Crippen LogP contribution in [0.25, 0.3) is 0 Å². The molecule has 1 aromatic carbocycles. The first-order valence-corrected chi connectivity index (χ1v) is 7.86. The third-order valence-electron chi connectivity index (χ3n) is 4.26. The second kappa shape index (κ2) is 7.30. The van der Waals surface area contributed by atoms with E-state index in [1.54, 1.807) is 0 Å². The van der Waals surface area contributed by atoms with E-state index in [-0.39, 0.29) is 0 Å². The number of benzene rings is 1. The Labute approximate surface area is 127 Å². The predicted molar refractivity (Wildman–Crippen MR) is 87.7 cm³/mol. The second-order valence-corrected chi connectivity index (χ2v) is 6.35. The maximum Gasteiger partial charge on any atom is 0.0459 e. The summed E-state index contributed by atoms with van der Waals surface area (Å²) in [7, 11) is 4.36. The molecular formula is C16H26ClN3.